The molecule has 112 valence electrons. The number of hydrogen-bond acceptors (Lipinski definition) is 5. The highest BCUT2D eigenvalue weighted by atomic mass is 16.7. The molecule has 1 amide bonds. The van der Waals surface area contributed by atoms with Crippen molar-refractivity contribution in [1.82, 2.24) is 5.32 Å². The predicted octanol–water partition coefficient (Wildman–Crippen LogP) is 0.136. The summed E-state index contributed by atoms with van der Waals surface area (Å²) < 4.78 is 10.7. The van der Waals surface area contributed by atoms with Gasteiger partial charge in [0.2, 0.25) is 5.91 Å². The third kappa shape index (κ3) is 7.47. The second kappa shape index (κ2) is 10.1. The first-order valence-corrected chi connectivity index (χ1v) is 7.12. The van der Waals surface area contributed by atoms with Crippen LogP contribution in [0.4, 0.5) is 0 Å². The Morgan fingerprint density at radius 2 is 2.26 bits per heavy atom. The molecule has 0 radical (unpaired) electrons. The van der Waals surface area contributed by atoms with Crippen LogP contribution in [0.2, 0.25) is 0 Å². The smallest absolute Gasteiger partial charge is 0.220 e. The average molecular weight is 274 g/mol. The monoisotopic (exact) mass is 274 g/mol. The lowest BCUT2D eigenvalue weighted by atomic mass is 10.1. The van der Waals surface area contributed by atoms with Crippen LogP contribution in [-0.4, -0.2) is 49.7 Å². The molecule has 1 saturated heterocycles. The van der Waals surface area contributed by atoms with E-state index < -0.39 is 12.4 Å². The highest BCUT2D eigenvalue weighted by Gasteiger charge is 2.24. The topological polar surface area (TPSA) is 93.8 Å². The molecule has 6 nitrogen and oxygen atoms in total. The molecule has 1 heterocycles. The number of rotatable bonds is 9. The Hall–Kier alpha value is -0.690. The van der Waals surface area contributed by atoms with Crippen molar-refractivity contribution in [3.05, 3.63) is 0 Å². The SMILES string of the molecule is NCCCCCC(=O)NCCOC1OCCCC1O. The second-order valence-electron chi connectivity index (χ2n) is 4.77. The molecule has 0 saturated carbocycles. The number of unbranched alkanes of at least 4 members (excludes halogenated alkanes) is 2. The van der Waals surface area contributed by atoms with Crippen LogP contribution < -0.4 is 11.1 Å². The van der Waals surface area contributed by atoms with Crippen molar-refractivity contribution in [2.24, 2.45) is 5.73 Å². The molecule has 0 aliphatic carbocycles. The summed E-state index contributed by atoms with van der Waals surface area (Å²) in [6.45, 7) is 2.10. The van der Waals surface area contributed by atoms with E-state index in [0.717, 1.165) is 25.7 Å². The molecular weight excluding hydrogens is 248 g/mol. The van der Waals surface area contributed by atoms with Gasteiger partial charge >= 0.3 is 0 Å². The maximum Gasteiger partial charge on any atom is 0.220 e. The van der Waals surface area contributed by atoms with E-state index in [1.54, 1.807) is 0 Å². The fourth-order valence-corrected chi connectivity index (χ4v) is 1.96. The zero-order valence-electron chi connectivity index (χ0n) is 11.5. The van der Waals surface area contributed by atoms with E-state index in [0.29, 0.717) is 39.1 Å². The molecule has 0 aromatic rings. The van der Waals surface area contributed by atoms with Crippen LogP contribution in [0, 0.1) is 0 Å². The van der Waals surface area contributed by atoms with Gasteiger partial charge in [0, 0.05) is 19.6 Å². The van der Waals surface area contributed by atoms with Crippen molar-refractivity contribution >= 4 is 5.91 Å². The van der Waals surface area contributed by atoms with Crippen molar-refractivity contribution in [3.8, 4) is 0 Å². The van der Waals surface area contributed by atoms with Gasteiger partial charge in [-0.05, 0) is 32.2 Å². The van der Waals surface area contributed by atoms with E-state index in [2.05, 4.69) is 5.32 Å². The van der Waals surface area contributed by atoms with Crippen LogP contribution in [0.1, 0.15) is 38.5 Å². The molecule has 0 bridgehead atoms. The first kappa shape index (κ1) is 16.4. The van der Waals surface area contributed by atoms with E-state index in [9.17, 15) is 9.90 Å². The van der Waals surface area contributed by atoms with Crippen LogP contribution in [0.15, 0.2) is 0 Å². The number of ether oxygens (including phenoxy) is 2. The van der Waals surface area contributed by atoms with Crippen LogP contribution in [0.3, 0.4) is 0 Å². The second-order valence-corrected chi connectivity index (χ2v) is 4.77. The normalized spacial score (nSPS) is 23.3. The maximum absolute atomic E-state index is 11.4. The van der Waals surface area contributed by atoms with Crippen molar-refractivity contribution in [2.45, 2.75) is 50.9 Å². The molecule has 2 unspecified atom stereocenters. The quantitative estimate of drug-likeness (QED) is 0.520. The van der Waals surface area contributed by atoms with Gasteiger partial charge in [-0.3, -0.25) is 4.79 Å². The molecule has 1 aliphatic rings. The number of carbonyl (C=O) groups excluding carboxylic acids is 1. The molecule has 0 aromatic carbocycles. The number of aliphatic hydroxyl groups is 1. The Balaban J connectivity index is 1.96. The minimum absolute atomic E-state index is 0.0331. The van der Waals surface area contributed by atoms with Gasteiger partial charge in [-0.25, -0.2) is 0 Å². The minimum atomic E-state index is -0.555. The van der Waals surface area contributed by atoms with E-state index in [4.69, 9.17) is 15.2 Å². The van der Waals surface area contributed by atoms with Gasteiger partial charge in [0.1, 0.15) is 6.10 Å². The third-order valence-electron chi connectivity index (χ3n) is 3.05. The summed E-state index contributed by atoms with van der Waals surface area (Å²) in [7, 11) is 0. The lowest BCUT2D eigenvalue weighted by molar-refractivity contribution is -0.213. The van der Waals surface area contributed by atoms with Crippen LogP contribution >= 0.6 is 0 Å². The lowest BCUT2D eigenvalue weighted by Crippen LogP contribution is -2.38. The van der Waals surface area contributed by atoms with Gasteiger partial charge in [-0.1, -0.05) is 6.42 Å². The Morgan fingerprint density at radius 1 is 1.42 bits per heavy atom. The molecule has 0 aromatic heterocycles. The molecule has 1 rings (SSSR count). The Labute approximate surface area is 114 Å². The fourth-order valence-electron chi connectivity index (χ4n) is 1.96. The first-order chi connectivity index (χ1) is 9.24. The van der Waals surface area contributed by atoms with Gasteiger partial charge in [0.05, 0.1) is 6.61 Å². The number of hydrogen-bond donors (Lipinski definition) is 3. The summed E-state index contributed by atoms with van der Waals surface area (Å²) in [4.78, 5) is 11.4. The van der Waals surface area contributed by atoms with Crippen molar-refractivity contribution in [3.63, 3.8) is 0 Å². The van der Waals surface area contributed by atoms with Gasteiger partial charge in [-0.2, -0.15) is 0 Å². The fraction of sp³-hybridized carbons (Fsp3) is 0.923. The standard InChI is InChI=1S/C13H26N2O4/c14-7-3-1-2-6-12(17)15-8-10-19-13-11(16)5-4-9-18-13/h11,13,16H,1-10,14H2,(H,15,17). The Morgan fingerprint density at radius 3 is 3.00 bits per heavy atom. The molecule has 1 aliphatic heterocycles. The third-order valence-corrected chi connectivity index (χ3v) is 3.05. The molecule has 19 heavy (non-hydrogen) atoms. The van der Waals surface area contributed by atoms with Gasteiger partial charge in [0.15, 0.2) is 6.29 Å². The van der Waals surface area contributed by atoms with Crippen LogP contribution in [-0.2, 0) is 14.3 Å². The van der Waals surface area contributed by atoms with Crippen molar-refractivity contribution in [1.29, 1.82) is 0 Å². The molecule has 4 N–H and O–H groups in total. The summed E-state index contributed by atoms with van der Waals surface area (Å²) >= 11 is 0. The molecule has 0 spiro atoms. The van der Waals surface area contributed by atoms with E-state index >= 15 is 0 Å². The molecule has 1 fully saturated rings. The van der Waals surface area contributed by atoms with E-state index in [1.165, 1.54) is 0 Å². The summed E-state index contributed by atoms with van der Waals surface area (Å²) in [5, 5.41) is 12.4. The predicted molar refractivity (Wildman–Crippen MR) is 71.5 cm³/mol. The van der Waals surface area contributed by atoms with E-state index in [-0.39, 0.29) is 5.91 Å². The highest BCUT2D eigenvalue weighted by molar-refractivity contribution is 5.75. The number of nitrogens with two attached hydrogens (primary N) is 1. The highest BCUT2D eigenvalue weighted by Crippen LogP contribution is 2.14. The number of amides is 1. The maximum atomic E-state index is 11.4. The first-order valence-electron chi connectivity index (χ1n) is 7.12. The lowest BCUT2D eigenvalue weighted by Gasteiger charge is -2.27. The molecule has 6 heteroatoms. The van der Waals surface area contributed by atoms with Crippen molar-refractivity contribution in [2.75, 3.05) is 26.3 Å². The van der Waals surface area contributed by atoms with Gasteiger partial charge < -0.3 is 25.6 Å². The molecule has 2 atom stereocenters. The summed E-state index contributed by atoms with van der Waals surface area (Å²) in [5.74, 6) is 0.0331. The average Bonchev–Trinajstić information content (AvgIpc) is 2.41. The molecular formula is C13H26N2O4. The summed E-state index contributed by atoms with van der Waals surface area (Å²) in [6, 6.07) is 0. The summed E-state index contributed by atoms with van der Waals surface area (Å²) in [6.07, 6.45) is 3.82. The Kier molecular flexibility index (Phi) is 8.73. The zero-order valence-corrected chi connectivity index (χ0v) is 11.5. The van der Waals surface area contributed by atoms with Gasteiger partial charge in [-0.15, -0.1) is 0 Å². The number of nitrogens with one attached hydrogen (secondary N) is 1. The van der Waals surface area contributed by atoms with Crippen LogP contribution in [0.5, 0.6) is 0 Å². The van der Waals surface area contributed by atoms with Crippen LogP contribution in [0.25, 0.3) is 0 Å². The van der Waals surface area contributed by atoms with E-state index in [1.807, 2.05) is 0 Å². The minimum Gasteiger partial charge on any atom is -0.388 e. The van der Waals surface area contributed by atoms with Crippen molar-refractivity contribution < 1.29 is 19.4 Å². The number of carbonyl (C=O) groups is 1. The van der Waals surface area contributed by atoms with Gasteiger partial charge in [0.25, 0.3) is 0 Å². The summed E-state index contributed by atoms with van der Waals surface area (Å²) in [5.41, 5.74) is 5.38. The largest absolute Gasteiger partial charge is 0.388 e. The number of aliphatic hydroxyl groups excluding tert-OH is 1. The Bertz CT molecular complexity index is 251. The zero-order chi connectivity index (χ0) is 13.9.